The fourth-order valence-electron chi connectivity index (χ4n) is 1.90. The number of pyridine rings is 1. The first-order chi connectivity index (χ1) is 8.49. The Hall–Kier alpha value is -0.950. The van der Waals surface area contributed by atoms with Gasteiger partial charge in [-0.3, -0.25) is 9.78 Å². The summed E-state index contributed by atoms with van der Waals surface area (Å²) < 4.78 is 24.7. The molecule has 0 aromatic carbocycles. The second-order valence-electron chi connectivity index (χ2n) is 4.22. The number of carbonyl (C=O) groups is 1. The summed E-state index contributed by atoms with van der Waals surface area (Å²) in [6.45, 7) is 0.641. The predicted molar refractivity (Wildman–Crippen MR) is 69.7 cm³/mol. The molecule has 1 aliphatic heterocycles. The van der Waals surface area contributed by atoms with Crippen LogP contribution in [0.15, 0.2) is 27.8 Å². The quantitative estimate of drug-likeness (QED) is 0.897. The summed E-state index contributed by atoms with van der Waals surface area (Å²) in [5, 5.41) is 2.70. The van der Waals surface area contributed by atoms with E-state index in [4.69, 9.17) is 0 Å². The summed E-state index contributed by atoms with van der Waals surface area (Å²) in [6.07, 6.45) is 3.93. The molecule has 2 rings (SSSR count). The molecule has 1 fully saturated rings. The Balaban J connectivity index is 2.06. The molecule has 1 aromatic rings. The number of carbonyl (C=O) groups excluding carboxylic acids is 1. The Kier molecular flexibility index (Phi) is 4.01. The minimum absolute atomic E-state index is 0.0246. The maximum Gasteiger partial charge on any atom is 0.223 e. The van der Waals surface area contributed by atoms with E-state index in [1.807, 2.05) is 0 Å². The molecule has 1 N–H and O–H groups in total. The molecular formula is C11H13BrN2O3S. The molecule has 1 saturated heterocycles. The molecule has 7 heteroatoms. The number of halogens is 1. The summed E-state index contributed by atoms with van der Waals surface area (Å²) in [5.41, 5.74) is 0. The summed E-state index contributed by atoms with van der Waals surface area (Å²) in [7, 11) is -3.37. The van der Waals surface area contributed by atoms with Gasteiger partial charge in [0.1, 0.15) is 0 Å². The molecule has 1 aromatic heterocycles. The summed E-state index contributed by atoms with van der Waals surface area (Å²) in [5.74, 6) is -0.249. The molecule has 98 valence electrons. The minimum Gasteiger partial charge on any atom is -0.356 e. The zero-order valence-electron chi connectivity index (χ0n) is 9.60. The van der Waals surface area contributed by atoms with Gasteiger partial charge in [0.2, 0.25) is 5.91 Å². The van der Waals surface area contributed by atoms with Crippen molar-refractivity contribution in [3.8, 4) is 0 Å². The van der Waals surface area contributed by atoms with Crippen LogP contribution in [-0.2, 0) is 14.6 Å². The van der Waals surface area contributed by atoms with Gasteiger partial charge in [0.15, 0.2) is 9.84 Å². The van der Waals surface area contributed by atoms with Gasteiger partial charge in [-0.25, -0.2) is 8.42 Å². The first-order valence-corrected chi connectivity index (χ1v) is 8.04. The van der Waals surface area contributed by atoms with Crippen LogP contribution in [0.3, 0.4) is 0 Å². The van der Waals surface area contributed by atoms with E-state index in [2.05, 4.69) is 26.2 Å². The van der Waals surface area contributed by atoms with E-state index in [0.717, 1.165) is 0 Å². The summed E-state index contributed by atoms with van der Waals surface area (Å²) in [4.78, 5) is 15.4. The molecule has 5 nitrogen and oxygen atoms in total. The lowest BCUT2D eigenvalue weighted by Crippen LogP contribution is -2.21. The SMILES string of the molecule is O=C1NCCC1CCS(=O)(=O)c1cncc(Br)c1. The monoisotopic (exact) mass is 332 g/mol. The Morgan fingerprint density at radius 3 is 2.83 bits per heavy atom. The van der Waals surface area contributed by atoms with Crippen LogP contribution in [0.2, 0.25) is 0 Å². The van der Waals surface area contributed by atoms with Crippen LogP contribution in [-0.4, -0.2) is 31.6 Å². The van der Waals surface area contributed by atoms with Gasteiger partial charge >= 0.3 is 0 Å². The zero-order chi connectivity index (χ0) is 13.2. The van der Waals surface area contributed by atoms with Gasteiger partial charge in [-0.2, -0.15) is 0 Å². The van der Waals surface area contributed by atoms with Crippen LogP contribution in [0, 0.1) is 5.92 Å². The third kappa shape index (κ3) is 3.08. The van der Waals surface area contributed by atoms with Crippen molar-refractivity contribution in [3.63, 3.8) is 0 Å². The van der Waals surface area contributed by atoms with E-state index in [1.54, 1.807) is 0 Å². The van der Waals surface area contributed by atoms with Gasteiger partial charge in [0, 0.05) is 29.3 Å². The van der Waals surface area contributed by atoms with Crippen molar-refractivity contribution in [3.05, 3.63) is 22.9 Å². The topological polar surface area (TPSA) is 76.1 Å². The standard InChI is InChI=1S/C11H13BrN2O3S/c12-9-5-10(7-13-6-9)18(16,17)4-2-8-1-3-14-11(8)15/h5-8H,1-4H2,(H,14,15). The second-order valence-corrected chi connectivity index (χ2v) is 7.25. The molecule has 1 aliphatic rings. The first-order valence-electron chi connectivity index (χ1n) is 5.60. The Labute approximate surface area is 114 Å². The highest BCUT2D eigenvalue weighted by Gasteiger charge is 2.26. The molecule has 0 saturated carbocycles. The molecule has 18 heavy (non-hydrogen) atoms. The third-order valence-electron chi connectivity index (χ3n) is 2.94. The van der Waals surface area contributed by atoms with Crippen molar-refractivity contribution in [1.82, 2.24) is 10.3 Å². The van der Waals surface area contributed by atoms with Crippen LogP contribution in [0.1, 0.15) is 12.8 Å². The maximum atomic E-state index is 12.1. The van der Waals surface area contributed by atoms with Crippen molar-refractivity contribution in [1.29, 1.82) is 0 Å². The molecule has 1 atom stereocenters. The van der Waals surface area contributed by atoms with E-state index in [9.17, 15) is 13.2 Å². The molecule has 1 amide bonds. The van der Waals surface area contributed by atoms with Gasteiger partial charge in [-0.15, -0.1) is 0 Å². The number of nitrogens with one attached hydrogen (secondary N) is 1. The van der Waals surface area contributed by atoms with Crippen LogP contribution >= 0.6 is 15.9 Å². The lowest BCUT2D eigenvalue weighted by atomic mass is 10.1. The van der Waals surface area contributed by atoms with Gasteiger partial charge < -0.3 is 5.32 Å². The number of amides is 1. The van der Waals surface area contributed by atoms with Crippen molar-refractivity contribution in [2.24, 2.45) is 5.92 Å². The van der Waals surface area contributed by atoms with Crippen molar-refractivity contribution >= 4 is 31.7 Å². The van der Waals surface area contributed by atoms with Crippen molar-refractivity contribution < 1.29 is 13.2 Å². The van der Waals surface area contributed by atoms with Crippen molar-refractivity contribution in [2.45, 2.75) is 17.7 Å². The van der Waals surface area contributed by atoms with E-state index in [-0.39, 0.29) is 22.5 Å². The molecule has 2 heterocycles. The number of nitrogens with zero attached hydrogens (tertiary/aromatic N) is 1. The number of sulfone groups is 1. The molecule has 1 unspecified atom stereocenters. The first kappa shape index (κ1) is 13.5. The predicted octanol–water partition coefficient (Wildman–Crippen LogP) is 1.14. The van der Waals surface area contributed by atoms with Crippen LogP contribution in [0.25, 0.3) is 0 Å². The lowest BCUT2D eigenvalue weighted by Gasteiger charge is -2.07. The largest absolute Gasteiger partial charge is 0.356 e. The van der Waals surface area contributed by atoms with Gasteiger partial charge in [0.05, 0.1) is 10.6 Å². The summed E-state index contributed by atoms with van der Waals surface area (Å²) >= 11 is 3.19. The second kappa shape index (κ2) is 5.36. The molecule has 0 bridgehead atoms. The fraction of sp³-hybridized carbons (Fsp3) is 0.455. The third-order valence-corrected chi connectivity index (χ3v) is 5.09. The van der Waals surface area contributed by atoms with Crippen LogP contribution < -0.4 is 5.32 Å². The van der Waals surface area contributed by atoms with Gasteiger partial charge in [-0.1, -0.05) is 0 Å². The summed E-state index contributed by atoms with van der Waals surface area (Å²) in [6, 6.07) is 1.52. The van der Waals surface area contributed by atoms with Gasteiger partial charge in [-0.05, 0) is 34.8 Å². The van der Waals surface area contributed by atoms with Crippen LogP contribution in [0.5, 0.6) is 0 Å². The number of hydrogen-bond acceptors (Lipinski definition) is 4. The Bertz CT molecular complexity index is 559. The molecule has 0 aliphatic carbocycles. The number of aromatic nitrogens is 1. The molecule has 0 radical (unpaired) electrons. The van der Waals surface area contributed by atoms with E-state index in [1.165, 1.54) is 18.5 Å². The van der Waals surface area contributed by atoms with E-state index in [0.29, 0.717) is 23.9 Å². The minimum atomic E-state index is -3.37. The highest BCUT2D eigenvalue weighted by atomic mass is 79.9. The average molecular weight is 333 g/mol. The molecular weight excluding hydrogens is 320 g/mol. The lowest BCUT2D eigenvalue weighted by molar-refractivity contribution is -0.122. The zero-order valence-corrected chi connectivity index (χ0v) is 12.0. The maximum absolute atomic E-state index is 12.1. The van der Waals surface area contributed by atoms with Gasteiger partial charge in [0.25, 0.3) is 0 Å². The Morgan fingerprint density at radius 1 is 1.44 bits per heavy atom. The van der Waals surface area contributed by atoms with Crippen LogP contribution in [0.4, 0.5) is 0 Å². The highest BCUT2D eigenvalue weighted by Crippen LogP contribution is 2.20. The van der Waals surface area contributed by atoms with E-state index >= 15 is 0 Å². The molecule has 0 spiro atoms. The fourth-order valence-corrected chi connectivity index (χ4v) is 3.77. The Morgan fingerprint density at radius 2 is 2.22 bits per heavy atom. The number of hydrogen-bond donors (Lipinski definition) is 1. The highest BCUT2D eigenvalue weighted by molar-refractivity contribution is 9.10. The average Bonchev–Trinajstić information content (AvgIpc) is 2.72. The number of rotatable bonds is 4. The normalized spacial score (nSPS) is 19.8. The smallest absolute Gasteiger partial charge is 0.223 e. The van der Waals surface area contributed by atoms with Crippen molar-refractivity contribution in [2.75, 3.05) is 12.3 Å². The van der Waals surface area contributed by atoms with E-state index < -0.39 is 9.84 Å².